The van der Waals surface area contributed by atoms with Gasteiger partial charge in [-0.3, -0.25) is 9.89 Å². The molecule has 3 aromatic rings. The lowest BCUT2D eigenvalue weighted by Crippen LogP contribution is -2.51. The van der Waals surface area contributed by atoms with Crippen molar-refractivity contribution >= 4 is 17.3 Å². The summed E-state index contributed by atoms with van der Waals surface area (Å²) in [4.78, 5) is 10.8. The van der Waals surface area contributed by atoms with Gasteiger partial charge in [-0.25, -0.2) is 4.68 Å². The highest BCUT2D eigenvalue weighted by atomic mass is 32.1. The Kier molecular flexibility index (Phi) is 6.04. The molecule has 1 aliphatic heterocycles. The van der Waals surface area contributed by atoms with Crippen molar-refractivity contribution in [3.05, 3.63) is 70.7 Å². The lowest BCUT2D eigenvalue weighted by atomic mass is 10.2. The van der Waals surface area contributed by atoms with Gasteiger partial charge >= 0.3 is 0 Å². The molecule has 0 saturated carbocycles. The van der Waals surface area contributed by atoms with Crippen LogP contribution in [0, 0.1) is 0 Å². The first-order valence-electron chi connectivity index (χ1n) is 9.61. The van der Waals surface area contributed by atoms with Gasteiger partial charge in [-0.1, -0.05) is 18.2 Å². The van der Waals surface area contributed by atoms with E-state index in [1.54, 1.807) is 6.20 Å². The Bertz CT molecular complexity index is 880. The maximum absolute atomic E-state index is 4.50. The van der Waals surface area contributed by atoms with Crippen LogP contribution in [-0.2, 0) is 13.1 Å². The zero-order valence-electron chi connectivity index (χ0n) is 16.2. The molecule has 0 atom stereocenters. The summed E-state index contributed by atoms with van der Waals surface area (Å²) in [5.74, 6) is 0.972. The van der Waals surface area contributed by atoms with Gasteiger partial charge in [-0.05, 0) is 35.2 Å². The van der Waals surface area contributed by atoms with Gasteiger partial charge in [0.25, 0.3) is 0 Å². The van der Waals surface area contributed by atoms with Crippen molar-refractivity contribution in [2.24, 2.45) is 4.99 Å². The summed E-state index contributed by atoms with van der Waals surface area (Å²) in [5, 5.41) is 9.98. The van der Waals surface area contributed by atoms with E-state index in [1.165, 1.54) is 10.4 Å². The predicted octanol–water partition coefficient (Wildman–Crippen LogP) is 2.83. The minimum Gasteiger partial charge on any atom is -0.352 e. The summed E-state index contributed by atoms with van der Waals surface area (Å²) in [5.41, 5.74) is 2.28. The van der Waals surface area contributed by atoms with Crippen LogP contribution in [0.5, 0.6) is 0 Å². The fourth-order valence-electron chi connectivity index (χ4n) is 3.48. The molecule has 28 heavy (non-hydrogen) atoms. The molecule has 4 rings (SSSR count). The maximum atomic E-state index is 4.50. The first kappa shape index (κ1) is 18.7. The van der Waals surface area contributed by atoms with E-state index in [-0.39, 0.29) is 0 Å². The van der Waals surface area contributed by atoms with Crippen molar-refractivity contribution in [3.8, 4) is 5.69 Å². The van der Waals surface area contributed by atoms with Crippen molar-refractivity contribution in [2.45, 2.75) is 13.1 Å². The summed E-state index contributed by atoms with van der Waals surface area (Å²) < 4.78 is 1.88. The average Bonchev–Trinajstić information content (AvgIpc) is 3.44. The van der Waals surface area contributed by atoms with Gasteiger partial charge < -0.3 is 10.2 Å². The van der Waals surface area contributed by atoms with Gasteiger partial charge in [-0.15, -0.1) is 11.3 Å². The van der Waals surface area contributed by atoms with Crippen molar-refractivity contribution in [1.82, 2.24) is 24.9 Å². The molecule has 0 spiro atoms. The molecule has 6 nitrogen and oxygen atoms in total. The van der Waals surface area contributed by atoms with E-state index in [9.17, 15) is 0 Å². The standard InChI is InChI=1S/C21H26N6S/c1-22-21(26-12-10-25(11-13-26)17-20-7-3-14-28-20)23-16-18-5-2-6-19(15-18)27-9-4-8-24-27/h2-9,14-15H,10-13,16-17H2,1H3,(H,22,23). The van der Waals surface area contributed by atoms with Gasteiger partial charge in [0.15, 0.2) is 5.96 Å². The third-order valence-corrected chi connectivity index (χ3v) is 5.83. The van der Waals surface area contributed by atoms with Crippen LogP contribution in [0.4, 0.5) is 0 Å². The molecule has 1 fully saturated rings. The van der Waals surface area contributed by atoms with Gasteiger partial charge in [0.05, 0.1) is 5.69 Å². The smallest absolute Gasteiger partial charge is 0.194 e. The van der Waals surface area contributed by atoms with E-state index in [0.717, 1.165) is 50.9 Å². The molecule has 1 N–H and O–H groups in total. The maximum Gasteiger partial charge on any atom is 0.194 e. The first-order chi connectivity index (χ1) is 13.8. The molecule has 146 valence electrons. The molecule has 0 aliphatic carbocycles. The summed E-state index contributed by atoms with van der Waals surface area (Å²) in [6.07, 6.45) is 3.76. The number of aliphatic imine (C=N–C) groups is 1. The predicted molar refractivity (Wildman–Crippen MR) is 115 cm³/mol. The summed E-state index contributed by atoms with van der Waals surface area (Å²) in [7, 11) is 1.86. The number of nitrogens with zero attached hydrogens (tertiary/aromatic N) is 5. The number of rotatable bonds is 5. The van der Waals surface area contributed by atoms with E-state index in [0.29, 0.717) is 0 Å². The lowest BCUT2D eigenvalue weighted by molar-refractivity contribution is 0.173. The van der Waals surface area contributed by atoms with Crippen molar-refractivity contribution in [1.29, 1.82) is 0 Å². The van der Waals surface area contributed by atoms with Crippen LogP contribution in [0.1, 0.15) is 10.4 Å². The summed E-state index contributed by atoms with van der Waals surface area (Å²) >= 11 is 1.84. The van der Waals surface area contributed by atoms with Gasteiger partial charge in [0.1, 0.15) is 0 Å². The van der Waals surface area contributed by atoms with Crippen LogP contribution in [0.25, 0.3) is 5.69 Å². The second-order valence-electron chi connectivity index (χ2n) is 6.86. The molecule has 2 aromatic heterocycles. The Morgan fingerprint density at radius 1 is 1.14 bits per heavy atom. The second-order valence-corrected chi connectivity index (χ2v) is 7.90. The number of hydrogen-bond acceptors (Lipinski definition) is 4. The normalized spacial score (nSPS) is 15.8. The highest BCUT2D eigenvalue weighted by molar-refractivity contribution is 7.09. The molecule has 1 saturated heterocycles. The zero-order chi connectivity index (χ0) is 19.2. The Morgan fingerprint density at radius 3 is 2.75 bits per heavy atom. The highest BCUT2D eigenvalue weighted by Crippen LogP contribution is 2.14. The van der Waals surface area contributed by atoms with Crippen LogP contribution in [0.15, 0.2) is 65.2 Å². The van der Waals surface area contributed by atoms with Gasteiger partial charge in [0, 0.05) is 63.6 Å². The Morgan fingerprint density at radius 2 is 2.04 bits per heavy atom. The van der Waals surface area contributed by atoms with E-state index in [2.05, 4.69) is 67.0 Å². The van der Waals surface area contributed by atoms with Crippen molar-refractivity contribution < 1.29 is 0 Å². The Labute approximate surface area is 170 Å². The number of hydrogen-bond donors (Lipinski definition) is 1. The van der Waals surface area contributed by atoms with Crippen LogP contribution in [0.2, 0.25) is 0 Å². The highest BCUT2D eigenvalue weighted by Gasteiger charge is 2.19. The monoisotopic (exact) mass is 394 g/mol. The van der Waals surface area contributed by atoms with Gasteiger partial charge in [-0.2, -0.15) is 5.10 Å². The quantitative estimate of drug-likeness (QED) is 0.534. The number of aromatic nitrogens is 2. The largest absolute Gasteiger partial charge is 0.352 e. The van der Waals surface area contributed by atoms with E-state index >= 15 is 0 Å². The van der Waals surface area contributed by atoms with Crippen LogP contribution >= 0.6 is 11.3 Å². The number of piperazine rings is 1. The molecule has 0 radical (unpaired) electrons. The van der Waals surface area contributed by atoms with E-state index in [1.807, 2.05) is 35.3 Å². The molecule has 7 heteroatoms. The molecule has 0 amide bonds. The summed E-state index contributed by atoms with van der Waals surface area (Å²) in [6.45, 7) is 5.92. The number of guanidine groups is 1. The molecule has 0 bridgehead atoms. The number of thiophene rings is 1. The third-order valence-electron chi connectivity index (χ3n) is 4.97. The second kappa shape index (κ2) is 9.03. The molecular weight excluding hydrogens is 368 g/mol. The van der Waals surface area contributed by atoms with Crippen LogP contribution < -0.4 is 5.32 Å². The molecule has 3 heterocycles. The fraction of sp³-hybridized carbons (Fsp3) is 0.333. The van der Waals surface area contributed by atoms with Crippen molar-refractivity contribution in [3.63, 3.8) is 0 Å². The number of benzene rings is 1. The van der Waals surface area contributed by atoms with Crippen LogP contribution in [-0.4, -0.2) is 58.8 Å². The minimum absolute atomic E-state index is 0.747. The van der Waals surface area contributed by atoms with Crippen LogP contribution in [0.3, 0.4) is 0 Å². The van der Waals surface area contributed by atoms with E-state index < -0.39 is 0 Å². The van der Waals surface area contributed by atoms with Gasteiger partial charge in [0.2, 0.25) is 0 Å². The Hall–Kier alpha value is -2.64. The van der Waals surface area contributed by atoms with E-state index in [4.69, 9.17) is 0 Å². The third kappa shape index (κ3) is 4.61. The molecular formula is C21H26N6S. The minimum atomic E-state index is 0.747. The Balaban J connectivity index is 1.30. The average molecular weight is 395 g/mol. The summed E-state index contributed by atoms with van der Waals surface area (Å²) in [6, 6.07) is 14.7. The molecule has 1 aliphatic rings. The first-order valence-corrected chi connectivity index (χ1v) is 10.5. The van der Waals surface area contributed by atoms with Crippen molar-refractivity contribution in [2.75, 3.05) is 33.2 Å². The SMILES string of the molecule is CN=C(NCc1cccc(-n2cccn2)c1)N1CCN(Cc2cccs2)CC1. The number of nitrogens with one attached hydrogen (secondary N) is 1. The zero-order valence-corrected chi connectivity index (χ0v) is 17.0. The lowest BCUT2D eigenvalue weighted by Gasteiger charge is -2.36. The fourth-order valence-corrected chi connectivity index (χ4v) is 4.23. The molecule has 1 aromatic carbocycles. The molecule has 0 unspecified atom stereocenters. The topological polar surface area (TPSA) is 48.7 Å².